The maximum atomic E-state index is 13.5. The van der Waals surface area contributed by atoms with Crippen LogP contribution in [0.25, 0.3) is 0 Å². The number of aryl methyl sites for hydroxylation is 1. The maximum Gasteiger partial charge on any atom is 1.00 e. The van der Waals surface area contributed by atoms with E-state index in [2.05, 4.69) is 0 Å². The Hall–Kier alpha value is -0.535. The monoisotopic (exact) mass is 506 g/mol. The summed E-state index contributed by atoms with van der Waals surface area (Å²) in [5.74, 6) is -1.71. The first-order valence-corrected chi connectivity index (χ1v) is 14.3. The number of nitrogens with zero attached hydrogens (tertiary/aromatic N) is 1. The van der Waals surface area contributed by atoms with Gasteiger partial charge >= 0.3 is 37.7 Å². The van der Waals surface area contributed by atoms with E-state index in [1.807, 2.05) is 30.3 Å². The van der Waals surface area contributed by atoms with Gasteiger partial charge in [-0.05, 0) is 75.8 Å². The number of carboxylic acids is 1. The van der Waals surface area contributed by atoms with Crippen LogP contribution in [0.4, 0.5) is 0 Å². The molecule has 2 aliphatic rings. The fraction of sp³-hybridized carbons (Fsp3) is 0.680. The number of hydrogen-bond donors (Lipinski definition) is 1. The predicted molar refractivity (Wildman–Crippen MR) is 126 cm³/mol. The number of benzene rings is 1. The zero-order valence-corrected chi connectivity index (χ0v) is 22.7. The Labute approximate surface area is 239 Å². The number of carboxylic acid groups (broad SMARTS) is 1. The van der Waals surface area contributed by atoms with Crippen LogP contribution in [0.15, 0.2) is 30.3 Å². The molecule has 8 nitrogen and oxygen atoms in total. The van der Waals surface area contributed by atoms with Crippen molar-refractivity contribution >= 4 is 19.5 Å². The summed E-state index contributed by atoms with van der Waals surface area (Å²) in [5.41, 5.74) is 6.72. The van der Waals surface area contributed by atoms with Gasteiger partial charge in [-0.1, -0.05) is 43.2 Å². The zero-order chi connectivity index (χ0) is 24.6. The summed E-state index contributed by atoms with van der Waals surface area (Å²) >= 11 is 0. The second kappa shape index (κ2) is 16.4. The number of carbonyl (C=O) groups excluding carboxylic acids is 2. The second-order valence-electron chi connectivity index (χ2n) is 9.58. The fourth-order valence-electron chi connectivity index (χ4n) is 5.37. The van der Waals surface area contributed by atoms with Gasteiger partial charge in [0.2, 0.25) is 0 Å². The van der Waals surface area contributed by atoms with Crippen molar-refractivity contribution in [2.75, 3.05) is 12.7 Å². The molecule has 1 aromatic rings. The topological polar surface area (TPSA) is 136 Å². The first-order chi connectivity index (χ1) is 16.3. The van der Waals surface area contributed by atoms with Crippen molar-refractivity contribution in [3.05, 3.63) is 35.9 Å². The molecule has 1 unspecified atom stereocenters. The minimum atomic E-state index is -4.28. The number of fused-ring (bicyclic) bond motifs is 1. The third-order valence-electron chi connectivity index (χ3n) is 7.09. The molecular weight excluding hydrogens is 469 g/mol. The third kappa shape index (κ3) is 9.65. The summed E-state index contributed by atoms with van der Waals surface area (Å²) in [6.07, 6.45) is 5.76. The summed E-state index contributed by atoms with van der Waals surface area (Å²) in [6.45, 7) is 0.422. The van der Waals surface area contributed by atoms with E-state index >= 15 is 0 Å². The molecule has 1 amide bonds. The zero-order valence-electron chi connectivity index (χ0n) is 21.8. The summed E-state index contributed by atoms with van der Waals surface area (Å²) in [7, 11) is -4.28. The molecule has 190 valence electrons. The van der Waals surface area contributed by atoms with E-state index < -0.39 is 31.6 Å². The first-order valence-electron chi connectivity index (χ1n) is 12.6. The van der Waals surface area contributed by atoms with E-state index in [9.17, 15) is 24.2 Å². The molecule has 1 aliphatic heterocycles. The number of carbonyl (C=O) groups is 2. The largest absolute Gasteiger partial charge is 1.00 e. The molecule has 2 N–H and O–H groups in total. The fourth-order valence-corrected chi connectivity index (χ4v) is 6.67. The smallest absolute Gasteiger partial charge is 0.778 e. The van der Waals surface area contributed by atoms with Gasteiger partial charge in [-0.25, -0.2) is 0 Å². The van der Waals surface area contributed by atoms with Gasteiger partial charge < -0.3 is 34.5 Å². The number of likely N-dealkylation sites (tertiary alicyclic amines) is 1. The number of hydrogen-bond acceptors (Lipinski definition) is 7. The van der Waals surface area contributed by atoms with Gasteiger partial charge in [0, 0.05) is 12.2 Å². The summed E-state index contributed by atoms with van der Waals surface area (Å²) in [4.78, 5) is 39.5. The van der Waals surface area contributed by atoms with Gasteiger partial charge in [0.1, 0.15) is 13.7 Å². The summed E-state index contributed by atoms with van der Waals surface area (Å²) in [5, 5.41) is 11.8. The van der Waals surface area contributed by atoms with Crippen molar-refractivity contribution in [3.63, 3.8) is 0 Å². The van der Waals surface area contributed by atoms with Crippen LogP contribution in [0.2, 0.25) is 0 Å². The van der Waals surface area contributed by atoms with Gasteiger partial charge in [0.25, 0.3) is 5.91 Å². The Morgan fingerprint density at radius 1 is 1.08 bits per heavy atom. The molecule has 5 atom stereocenters. The van der Waals surface area contributed by atoms with Gasteiger partial charge in [-0.2, -0.15) is 0 Å². The van der Waals surface area contributed by atoms with E-state index in [-0.39, 0.29) is 62.3 Å². The third-order valence-corrected chi connectivity index (χ3v) is 8.53. The number of nitrogens with two attached hydrogens (primary N) is 1. The van der Waals surface area contributed by atoms with Crippen molar-refractivity contribution in [3.8, 4) is 0 Å². The number of rotatable bonds is 13. The molecule has 1 aromatic carbocycles. The van der Waals surface area contributed by atoms with Crippen LogP contribution in [-0.2, 0) is 25.1 Å². The van der Waals surface area contributed by atoms with Crippen LogP contribution in [0.5, 0.6) is 0 Å². The quantitative estimate of drug-likeness (QED) is 0.164. The normalized spacial score (nSPS) is 23.5. The molecule has 3 rings (SSSR count). The van der Waals surface area contributed by atoms with E-state index in [4.69, 9.17) is 10.3 Å². The van der Waals surface area contributed by atoms with E-state index in [0.717, 1.165) is 37.7 Å². The van der Waals surface area contributed by atoms with Crippen molar-refractivity contribution < 1.29 is 66.4 Å². The van der Waals surface area contributed by atoms with E-state index in [0.29, 0.717) is 38.6 Å². The standard InChI is InChI=1S/C25H39N2O6P.2Li/c26-16-8-6-15-23(33-34(31,32)17-9-7-12-19-10-2-1-3-11-19)24(28)27-21-14-5-4-13-20(21)18-22(27)25(29)30;;/h1-3,10-11,20-23H,4-9,12-18,26H2,(H,29,30)(H,31,32);;/q;2*+1/p-2/t20-,21-,22-,23-;;/m0../s1. The van der Waals surface area contributed by atoms with Crippen molar-refractivity contribution in [2.45, 2.75) is 88.8 Å². The molecular formula is C25H37Li2N2O6P. The molecule has 1 aliphatic carbocycles. The molecule has 0 spiro atoms. The average molecular weight is 506 g/mol. The Kier molecular flexibility index (Phi) is 15.3. The first kappa shape index (κ1) is 33.5. The Morgan fingerprint density at radius 3 is 2.44 bits per heavy atom. The van der Waals surface area contributed by atoms with Crippen LogP contribution in [-0.4, -0.2) is 47.7 Å². The minimum absolute atomic E-state index is 0. The molecule has 1 saturated carbocycles. The van der Waals surface area contributed by atoms with Gasteiger partial charge in [0.15, 0.2) is 0 Å². The maximum absolute atomic E-state index is 13.5. The molecule has 2 fully saturated rings. The van der Waals surface area contributed by atoms with Crippen molar-refractivity contribution in [1.82, 2.24) is 4.90 Å². The van der Waals surface area contributed by atoms with Crippen LogP contribution in [0.3, 0.4) is 0 Å². The average Bonchev–Trinajstić information content (AvgIpc) is 3.21. The minimum Gasteiger partial charge on any atom is -0.778 e. The molecule has 0 aromatic heterocycles. The Morgan fingerprint density at radius 2 is 1.78 bits per heavy atom. The molecule has 11 heteroatoms. The van der Waals surface area contributed by atoms with Gasteiger partial charge in [-0.15, -0.1) is 0 Å². The molecule has 36 heavy (non-hydrogen) atoms. The number of amides is 1. The van der Waals surface area contributed by atoms with Crippen LogP contribution in [0.1, 0.15) is 69.8 Å². The summed E-state index contributed by atoms with van der Waals surface area (Å²) in [6, 6.07) is 8.61. The van der Waals surface area contributed by atoms with Crippen molar-refractivity contribution in [2.24, 2.45) is 11.7 Å². The van der Waals surface area contributed by atoms with Crippen LogP contribution < -0.4 is 53.5 Å². The SMILES string of the molecule is NCCCC[C@H](OP(=O)([O-])CCCCc1ccccc1)C(=O)N1[C@H](C(=O)[O-])C[C@@H]2CCCC[C@@H]21.[Li+].[Li+]. The van der Waals surface area contributed by atoms with Crippen LogP contribution in [0, 0.1) is 5.92 Å². The van der Waals surface area contributed by atoms with Gasteiger partial charge in [-0.3, -0.25) is 4.79 Å². The molecule has 0 bridgehead atoms. The van der Waals surface area contributed by atoms with Gasteiger partial charge in [0.05, 0.1) is 12.0 Å². The Balaban J connectivity index is 0.00000324. The molecule has 0 radical (unpaired) electrons. The van der Waals surface area contributed by atoms with Crippen molar-refractivity contribution in [1.29, 1.82) is 0 Å². The Bertz CT molecular complexity index is 862. The molecule has 1 heterocycles. The predicted octanol–water partition coefficient (Wildman–Crippen LogP) is -4.01. The van der Waals surface area contributed by atoms with Crippen LogP contribution >= 0.6 is 7.60 Å². The summed E-state index contributed by atoms with van der Waals surface area (Å²) < 4.78 is 18.3. The number of aliphatic carboxylic acids is 1. The number of unbranched alkanes of at least 4 members (excludes halogenated alkanes) is 2. The van der Waals surface area contributed by atoms with E-state index in [1.54, 1.807) is 0 Å². The molecule has 1 saturated heterocycles. The van der Waals surface area contributed by atoms with E-state index in [1.165, 1.54) is 4.90 Å². The second-order valence-corrected chi connectivity index (χ2v) is 11.5.